The van der Waals surface area contributed by atoms with Crippen LogP contribution in [-0.2, 0) is 11.2 Å². The monoisotopic (exact) mass is 372 g/mol. The van der Waals surface area contributed by atoms with Crippen LogP contribution < -0.4 is 0 Å². The van der Waals surface area contributed by atoms with E-state index in [-0.39, 0.29) is 5.92 Å². The Hall–Kier alpha value is -1.49. The van der Waals surface area contributed by atoms with Crippen molar-refractivity contribution >= 4 is 5.91 Å². The standard InChI is InChI=1S/C22H36N4O/c1-4-21-23-15-20(16-24-21)19-8-11-25(12-9-19)10-5-18-6-13-26(14-7-18)22(27)17(2)3/h15-19H,4-14H2,1-3H3. The molecule has 5 nitrogen and oxygen atoms in total. The zero-order valence-electron chi connectivity index (χ0n) is 17.4. The SMILES string of the molecule is CCc1ncc(C2CCN(CCC3CCN(C(=O)C(C)C)CC3)CC2)cn1. The van der Waals surface area contributed by atoms with Crippen LogP contribution in [0.2, 0.25) is 0 Å². The summed E-state index contributed by atoms with van der Waals surface area (Å²) >= 11 is 0. The van der Waals surface area contributed by atoms with Gasteiger partial charge in [-0.25, -0.2) is 9.97 Å². The van der Waals surface area contributed by atoms with Gasteiger partial charge >= 0.3 is 0 Å². The Balaban J connectivity index is 1.36. The molecule has 150 valence electrons. The number of piperidine rings is 2. The molecule has 0 saturated carbocycles. The molecule has 1 amide bonds. The van der Waals surface area contributed by atoms with Crippen LogP contribution in [0, 0.1) is 11.8 Å². The first-order valence-corrected chi connectivity index (χ1v) is 10.9. The Bertz CT molecular complexity index is 585. The topological polar surface area (TPSA) is 49.3 Å². The molecular weight excluding hydrogens is 336 g/mol. The van der Waals surface area contributed by atoms with E-state index in [0.717, 1.165) is 31.3 Å². The van der Waals surface area contributed by atoms with Gasteiger partial charge in [0.2, 0.25) is 5.91 Å². The maximum atomic E-state index is 12.1. The van der Waals surface area contributed by atoms with Crippen molar-refractivity contribution in [3.8, 4) is 0 Å². The van der Waals surface area contributed by atoms with Crippen molar-refractivity contribution in [2.75, 3.05) is 32.7 Å². The summed E-state index contributed by atoms with van der Waals surface area (Å²) < 4.78 is 0. The average molecular weight is 373 g/mol. The van der Waals surface area contributed by atoms with Gasteiger partial charge in [0.25, 0.3) is 0 Å². The smallest absolute Gasteiger partial charge is 0.225 e. The molecule has 0 spiro atoms. The van der Waals surface area contributed by atoms with Crippen LogP contribution >= 0.6 is 0 Å². The number of aromatic nitrogens is 2. The number of likely N-dealkylation sites (tertiary alicyclic amines) is 2. The molecule has 1 aromatic heterocycles. The second kappa shape index (κ2) is 9.63. The van der Waals surface area contributed by atoms with Crippen molar-refractivity contribution in [2.24, 2.45) is 11.8 Å². The summed E-state index contributed by atoms with van der Waals surface area (Å²) in [6.45, 7) is 11.6. The molecule has 0 aromatic carbocycles. The highest BCUT2D eigenvalue weighted by molar-refractivity contribution is 5.78. The third-order valence-electron chi connectivity index (χ3n) is 6.37. The van der Waals surface area contributed by atoms with E-state index in [1.165, 1.54) is 57.3 Å². The van der Waals surface area contributed by atoms with Gasteiger partial charge in [-0.2, -0.15) is 0 Å². The predicted octanol–water partition coefficient (Wildman–Crippen LogP) is 3.50. The van der Waals surface area contributed by atoms with Crippen LogP contribution in [0.1, 0.15) is 70.2 Å². The van der Waals surface area contributed by atoms with E-state index in [4.69, 9.17) is 0 Å². The molecule has 0 N–H and O–H groups in total. The molecule has 0 aliphatic carbocycles. The Labute approximate surface area is 164 Å². The lowest BCUT2D eigenvalue weighted by molar-refractivity contribution is -0.135. The Morgan fingerprint density at radius 2 is 1.70 bits per heavy atom. The van der Waals surface area contributed by atoms with Crippen LogP contribution in [0.25, 0.3) is 0 Å². The summed E-state index contributed by atoms with van der Waals surface area (Å²) in [5.74, 6) is 2.81. The van der Waals surface area contributed by atoms with Gasteiger partial charge in [-0.3, -0.25) is 4.79 Å². The number of rotatable bonds is 6. The van der Waals surface area contributed by atoms with Crippen molar-refractivity contribution in [1.29, 1.82) is 0 Å². The van der Waals surface area contributed by atoms with Crippen molar-refractivity contribution in [3.63, 3.8) is 0 Å². The maximum absolute atomic E-state index is 12.1. The van der Waals surface area contributed by atoms with Crippen molar-refractivity contribution in [3.05, 3.63) is 23.8 Å². The molecular formula is C22H36N4O. The van der Waals surface area contributed by atoms with Crippen LogP contribution in [0.15, 0.2) is 12.4 Å². The van der Waals surface area contributed by atoms with E-state index in [9.17, 15) is 4.79 Å². The number of carbonyl (C=O) groups excluding carboxylic acids is 1. The largest absolute Gasteiger partial charge is 0.342 e. The lowest BCUT2D eigenvalue weighted by Crippen LogP contribution is -2.41. The second-order valence-electron chi connectivity index (χ2n) is 8.61. The summed E-state index contributed by atoms with van der Waals surface area (Å²) in [7, 11) is 0. The number of hydrogen-bond donors (Lipinski definition) is 0. The van der Waals surface area contributed by atoms with Crippen LogP contribution in [-0.4, -0.2) is 58.4 Å². The third kappa shape index (κ3) is 5.50. The summed E-state index contributed by atoms with van der Waals surface area (Å²) in [6, 6.07) is 0. The van der Waals surface area contributed by atoms with Gasteiger partial charge in [-0.1, -0.05) is 20.8 Å². The van der Waals surface area contributed by atoms with Gasteiger partial charge in [-0.15, -0.1) is 0 Å². The van der Waals surface area contributed by atoms with Gasteiger partial charge in [0, 0.05) is 37.8 Å². The van der Waals surface area contributed by atoms with Crippen LogP contribution in [0.3, 0.4) is 0 Å². The lowest BCUT2D eigenvalue weighted by Gasteiger charge is -2.36. The Kier molecular flexibility index (Phi) is 7.22. The molecule has 2 fully saturated rings. The first-order chi connectivity index (χ1) is 13.1. The molecule has 2 saturated heterocycles. The quantitative estimate of drug-likeness (QED) is 0.767. The highest BCUT2D eigenvalue weighted by Crippen LogP contribution is 2.28. The van der Waals surface area contributed by atoms with Crippen molar-refractivity contribution in [2.45, 2.75) is 65.2 Å². The van der Waals surface area contributed by atoms with Gasteiger partial charge in [0.15, 0.2) is 0 Å². The maximum Gasteiger partial charge on any atom is 0.225 e. The third-order valence-corrected chi connectivity index (χ3v) is 6.37. The van der Waals surface area contributed by atoms with E-state index < -0.39 is 0 Å². The fourth-order valence-corrected chi connectivity index (χ4v) is 4.42. The highest BCUT2D eigenvalue weighted by atomic mass is 16.2. The zero-order chi connectivity index (χ0) is 19.2. The molecule has 2 aliphatic heterocycles. The van der Waals surface area contributed by atoms with E-state index in [1.807, 2.05) is 26.2 Å². The fourth-order valence-electron chi connectivity index (χ4n) is 4.42. The van der Waals surface area contributed by atoms with E-state index in [1.54, 1.807) is 0 Å². The summed E-state index contributed by atoms with van der Waals surface area (Å²) in [5.41, 5.74) is 1.31. The van der Waals surface area contributed by atoms with E-state index in [2.05, 4.69) is 26.7 Å². The normalized spacial score (nSPS) is 20.4. The van der Waals surface area contributed by atoms with Crippen molar-refractivity contribution < 1.29 is 4.79 Å². The molecule has 0 bridgehead atoms. The molecule has 0 radical (unpaired) electrons. The van der Waals surface area contributed by atoms with Gasteiger partial charge in [-0.05, 0) is 69.1 Å². The van der Waals surface area contributed by atoms with Crippen molar-refractivity contribution in [1.82, 2.24) is 19.8 Å². The minimum absolute atomic E-state index is 0.131. The lowest BCUT2D eigenvalue weighted by atomic mass is 9.89. The zero-order valence-corrected chi connectivity index (χ0v) is 17.4. The first kappa shape index (κ1) is 20.2. The Morgan fingerprint density at radius 3 is 2.26 bits per heavy atom. The molecule has 3 heterocycles. The first-order valence-electron chi connectivity index (χ1n) is 10.9. The van der Waals surface area contributed by atoms with Gasteiger partial charge in [0.05, 0.1) is 0 Å². The molecule has 27 heavy (non-hydrogen) atoms. The average Bonchev–Trinajstić information content (AvgIpc) is 2.72. The van der Waals surface area contributed by atoms with E-state index >= 15 is 0 Å². The molecule has 5 heteroatoms. The van der Waals surface area contributed by atoms with E-state index in [0.29, 0.717) is 11.8 Å². The minimum Gasteiger partial charge on any atom is -0.342 e. The van der Waals surface area contributed by atoms with Crippen LogP contribution in [0.5, 0.6) is 0 Å². The number of hydrogen-bond acceptors (Lipinski definition) is 4. The summed E-state index contributed by atoms with van der Waals surface area (Å²) in [4.78, 5) is 25.7. The molecule has 2 aliphatic rings. The minimum atomic E-state index is 0.131. The summed E-state index contributed by atoms with van der Waals surface area (Å²) in [6.07, 6.45) is 11.1. The molecule has 0 unspecified atom stereocenters. The molecule has 3 rings (SSSR count). The number of carbonyl (C=O) groups is 1. The highest BCUT2D eigenvalue weighted by Gasteiger charge is 2.26. The molecule has 1 aromatic rings. The molecule has 0 atom stereocenters. The fraction of sp³-hybridized carbons (Fsp3) is 0.773. The van der Waals surface area contributed by atoms with Gasteiger partial charge < -0.3 is 9.80 Å². The Morgan fingerprint density at radius 1 is 1.07 bits per heavy atom. The predicted molar refractivity (Wildman–Crippen MR) is 109 cm³/mol. The number of nitrogens with zero attached hydrogens (tertiary/aromatic N) is 4. The van der Waals surface area contributed by atoms with Gasteiger partial charge in [0.1, 0.15) is 5.82 Å². The summed E-state index contributed by atoms with van der Waals surface area (Å²) in [5, 5.41) is 0. The van der Waals surface area contributed by atoms with Crippen LogP contribution in [0.4, 0.5) is 0 Å². The number of aryl methyl sites for hydroxylation is 1. The second-order valence-corrected chi connectivity index (χ2v) is 8.61. The number of amides is 1.